The first-order valence-corrected chi connectivity index (χ1v) is 7.96. The molecule has 0 unspecified atom stereocenters. The topological polar surface area (TPSA) is 59.4 Å². The predicted molar refractivity (Wildman–Crippen MR) is 100 cm³/mol. The molecule has 1 aliphatic heterocycles. The highest BCUT2D eigenvalue weighted by Gasteiger charge is 2.16. The molecule has 1 aromatic heterocycles. The van der Waals surface area contributed by atoms with Crippen molar-refractivity contribution in [2.75, 3.05) is 7.11 Å². The monoisotopic (exact) mass is 331 g/mol. The van der Waals surface area contributed by atoms with E-state index in [4.69, 9.17) is 4.74 Å². The number of ether oxygens (including phenoxy) is 1. The van der Waals surface area contributed by atoms with E-state index in [9.17, 15) is 4.79 Å². The maximum Gasteiger partial charge on any atom is 0.274 e. The number of H-pyrrole nitrogens is 1. The molecule has 0 amide bonds. The summed E-state index contributed by atoms with van der Waals surface area (Å²) in [6, 6.07) is 15.5. The number of para-hydroxylation sites is 1. The predicted octanol–water partition coefficient (Wildman–Crippen LogP) is 3.65. The molecule has 0 bridgehead atoms. The van der Waals surface area contributed by atoms with Gasteiger partial charge in [-0.25, -0.2) is 0 Å². The molecule has 5 nitrogen and oxygen atoms in total. The van der Waals surface area contributed by atoms with Crippen LogP contribution in [0.5, 0.6) is 5.75 Å². The van der Waals surface area contributed by atoms with E-state index in [0.29, 0.717) is 5.56 Å². The zero-order chi connectivity index (χ0) is 17.4. The molecule has 3 aromatic rings. The third-order valence-electron chi connectivity index (χ3n) is 4.32. The average Bonchev–Trinajstić information content (AvgIpc) is 3.18. The normalized spacial score (nSPS) is 14.1. The lowest BCUT2D eigenvalue weighted by Crippen LogP contribution is -2.13. The Hall–Kier alpha value is -3.34. The van der Waals surface area contributed by atoms with Crippen LogP contribution in [0.25, 0.3) is 22.9 Å². The molecule has 25 heavy (non-hydrogen) atoms. The van der Waals surface area contributed by atoms with E-state index in [2.05, 4.69) is 10.1 Å². The molecule has 0 spiro atoms. The van der Waals surface area contributed by atoms with E-state index in [1.165, 1.54) is 4.68 Å². The summed E-state index contributed by atoms with van der Waals surface area (Å²) in [6.45, 7) is 0. The maximum atomic E-state index is 12.6. The molecule has 0 atom stereocenters. The van der Waals surface area contributed by atoms with Crippen molar-refractivity contribution in [3.63, 3.8) is 0 Å². The van der Waals surface area contributed by atoms with Crippen LogP contribution in [0.15, 0.2) is 58.3 Å². The molecule has 0 aliphatic carbocycles. The number of rotatable bonds is 3. The lowest BCUT2D eigenvalue weighted by Gasteiger charge is -2.03. The van der Waals surface area contributed by atoms with Crippen molar-refractivity contribution in [2.24, 2.45) is 12.0 Å². The molecule has 1 N–H and O–H groups in total. The SMILES string of the molecule is COc1ccc(-c2[nH]n(C)c(=O)c2/C=C2/C=Nc3ccccc32)cc1. The Morgan fingerprint density at radius 2 is 1.88 bits per heavy atom. The Morgan fingerprint density at radius 1 is 1.12 bits per heavy atom. The number of aryl methyl sites for hydroxylation is 1. The standard InChI is InChI=1S/C20H17N3O2/c1-23-20(24)17(11-14-12-21-18-6-4-3-5-16(14)18)19(22-23)13-7-9-15(25-2)10-8-13/h3-12,22H,1-2H3/b14-11-. The highest BCUT2D eigenvalue weighted by atomic mass is 16.5. The maximum absolute atomic E-state index is 12.6. The molecule has 2 aromatic carbocycles. The molecule has 0 fully saturated rings. The van der Waals surface area contributed by atoms with Crippen LogP contribution in [0.4, 0.5) is 5.69 Å². The van der Waals surface area contributed by atoms with Crippen molar-refractivity contribution in [2.45, 2.75) is 0 Å². The average molecular weight is 331 g/mol. The first-order chi connectivity index (χ1) is 12.2. The largest absolute Gasteiger partial charge is 0.497 e. The van der Waals surface area contributed by atoms with Gasteiger partial charge in [-0.2, -0.15) is 0 Å². The smallest absolute Gasteiger partial charge is 0.274 e. The fourth-order valence-corrected chi connectivity index (χ4v) is 2.99. The van der Waals surface area contributed by atoms with Gasteiger partial charge in [-0.3, -0.25) is 19.6 Å². The third-order valence-corrected chi connectivity index (χ3v) is 4.32. The Morgan fingerprint density at radius 3 is 2.64 bits per heavy atom. The van der Waals surface area contributed by atoms with Crippen molar-refractivity contribution in [3.8, 4) is 17.0 Å². The molecule has 2 heterocycles. The van der Waals surface area contributed by atoms with Gasteiger partial charge in [0.1, 0.15) is 5.75 Å². The second-order valence-electron chi connectivity index (χ2n) is 5.87. The van der Waals surface area contributed by atoms with E-state index in [-0.39, 0.29) is 5.56 Å². The number of benzene rings is 2. The van der Waals surface area contributed by atoms with Crippen molar-refractivity contribution >= 4 is 23.6 Å². The second kappa shape index (κ2) is 5.94. The lowest BCUT2D eigenvalue weighted by molar-refractivity contribution is 0.415. The minimum absolute atomic E-state index is 0.0731. The number of aromatic amines is 1. The number of nitrogens with zero attached hydrogens (tertiary/aromatic N) is 2. The van der Waals surface area contributed by atoms with Gasteiger partial charge in [0.05, 0.1) is 24.1 Å². The molecule has 1 aliphatic rings. The fourth-order valence-electron chi connectivity index (χ4n) is 2.99. The summed E-state index contributed by atoms with van der Waals surface area (Å²) in [5.41, 5.74) is 5.14. The van der Waals surface area contributed by atoms with Crippen LogP contribution in [0.2, 0.25) is 0 Å². The molecule has 0 radical (unpaired) electrons. The van der Waals surface area contributed by atoms with E-state index in [1.54, 1.807) is 20.4 Å². The zero-order valence-electron chi connectivity index (χ0n) is 14.0. The molecular formula is C20H17N3O2. The first kappa shape index (κ1) is 15.2. The van der Waals surface area contributed by atoms with Crippen LogP contribution in [0.1, 0.15) is 11.1 Å². The van der Waals surface area contributed by atoms with E-state index in [1.807, 2.05) is 54.6 Å². The Balaban J connectivity index is 1.85. The van der Waals surface area contributed by atoms with Crippen LogP contribution in [0.3, 0.4) is 0 Å². The van der Waals surface area contributed by atoms with Crippen LogP contribution in [0, 0.1) is 0 Å². The zero-order valence-corrected chi connectivity index (χ0v) is 14.0. The number of allylic oxidation sites excluding steroid dienone is 1. The minimum atomic E-state index is -0.0731. The number of nitrogens with one attached hydrogen (secondary N) is 1. The fraction of sp³-hybridized carbons (Fsp3) is 0.100. The van der Waals surface area contributed by atoms with Gasteiger partial charge >= 0.3 is 0 Å². The van der Waals surface area contributed by atoms with Gasteiger partial charge in [-0.1, -0.05) is 18.2 Å². The van der Waals surface area contributed by atoms with Crippen molar-refractivity contribution in [1.82, 2.24) is 9.78 Å². The van der Waals surface area contributed by atoms with Crippen LogP contribution in [-0.4, -0.2) is 23.1 Å². The van der Waals surface area contributed by atoms with Gasteiger partial charge in [0.15, 0.2) is 0 Å². The number of aromatic nitrogens is 2. The van der Waals surface area contributed by atoms with Gasteiger partial charge in [-0.15, -0.1) is 0 Å². The van der Waals surface area contributed by atoms with Gasteiger partial charge in [0.25, 0.3) is 5.56 Å². The number of aliphatic imine (C=N–C) groups is 1. The van der Waals surface area contributed by atoms with Gasteiger partial charge < -0.3 is 4.74 Å². The highest BCUT2D eigenvalue weighted by molar-refractivity contribution is 6.21. The van der Waals surface area contributed by atoms with Crippen molar-refractivity contribution in [1.29, 1.82) is 0 Å². The summed E-state index contributed by atoms with van der Waals surface area (Å²) in [5.74, 6) is 0.777. The third kappa shape index (κ3) is 2.59. The van der Waals surface area contributed by atoms with Gasteiger partial charge in [0.2, 0.25) is 0 Å². The van der Waals surface area contributed by atoms with E-state index >= 15 is 0 Å². The molecule has 0 saturated carbocycles. The molecule has 124 valence electrons. The Kier molecular flexibility index (Phi) is 3.61. The summed E-state index contributed by atoms with van der Waals surface area (Å²) in [6.07, 6.45) is 3.70. The summed E-state index contributed by atoms with van der Waals surface area (Å²) in [4.78, 5) is 17.0. The number of methoxy groups -OCH3 is 1. The number of hydrogen-bond donors (Lipinski definition) is 1. The summed E-state index contributed by atoms with van der Waals surface area (Å²) >= 11 is 0. The highest BCUT2D eigenvalue weighted by Crippen LogP contribution is 2.33. The Labute approximate surface area is 144 Å². The van der Waals surface area contributed by atoms with Crippen molar-refractivity contribution < 1.29 is 4.74 Å². The van der Waals surface area contributed by atoms with Crippen LogP contribution in [-0.2, 0) is 7.05 Å². The quantitative estimate of drug-likeness (QED) is 0.796. The molecule has 4 rings (SSSR count). The number of fused-ring (bicyclic) bond motifs is 1. The number of hydrogen-bond acceptors (Lipinski definition) is 3. The van der Waals surface area contributed by atoms with Crippen LogP contribution >= 0.6 is 0 Å². The minimum Gasteiger partial charge on any atom is -0.497 e. The molecule has 5 heteroatoms. The summed E-state index contributed by atoms with van der Waals surface area (Å²) in [7, 11) is 3.35. The van der Waals surface area contributed by atoms with Crippen molar-refractivity contribution in [3.05, 3.63) is 70.0 Å². The second-order valence-corrected chi connectivity index (χ2v) is 5.87. The lowest BCUT2D eigenvalue weighted by atomic mass is 10.0. The van der Waals surface area contributed by atoms with E-state index < -0.39 is 0 Å². The Bertz CT molecular complexity index is 1050. The molecule has 0 saturated heterocycles. The van der Waals surface area contributed by atoms with Gasteiger partial charge in [0, 0.05) is 30.0 Å². The van der Waals surface area contributed by atoms with Crippen LogP contribution < -0.4 is 10.3 Å². The first-order valence-electron chi connectivity index (χ1n) is 7.96. The van der Waals surface area contributed by atoms with E-state index in [0.717, 1.165) is 33.8 Å². The summed E-state index contributed by atoms with van der Waals surface area (Å²) < 4.78 is 6.69. The van der Waals surface area contributed by atoms with Gasteiger partial charge in [-0.05, 0) is 36.4 Å². The molecular weight excluding hydrogens is 314 g/mol. The summed E-state index contributed by atoms with van der Waals surface area (Å²) in [5, 5.41) is 3.14.